The number of hydrogen-bond acceptors (Lipinski definition) is 2. The van der Waals surface area contributed by atoms with E-state index in [4.69, 9.17) is 5.11 Å². The third kappa shape index (κ3) is 4.37. The Morgan fingerprint density at radius 2 is 2.15 bits per heavy atom. The monoisotopic (exact) mass is 279 g/mol. The number of benzene rings is 1. The predicted octanol–water partition coefficient (Wildman–Crippen LogP) is 3.80. The van der Waals surface area contributed by atoms with Crippen LogP contribution in [-0.2, 0) is 4.79 Å². The number of halogens is 1. The third-order valence-electron chi connectivity index (χ3n) is 3.37. The summed E-state index contributed by atoms with van der Waals surface area (Å²) < 4.78 is 13.9. The van der Waals surface area contributed by atoms with Gasteiger partial charge in [-0.05, 0) is 31.1 Å². The molecular weight excluding hydrogens is 257 g/mol. The lowest BCUT2D eigenvalue weighted by molar-refractivity contribution is -0.131. The molecule has 3 nitrogen and oxygen atoms in total. The van der Waals surface area contributed by atoms with E-state index < -0.39 is 11.8 Å². The summed E-state index contributed by atoms with van der Waals surface area (Å²) in [5.41, 5.74) is 1.07. The van der Waals surface area contributed by atoms with Gasteiger partial charge in [0, 0.05) is 30.4 Å². The van der Waals surface area contributed by atoms with E-state index in [0.717, 1.165) is 31.3 Å². The van der Waals surface area contributed by atoms with Crippen molar-refractivity contribution < 1.29 is 14.3 Å². The first kappa shape index (κ1) is 16.2. The molecule has 1 rings (SSSR count). The topological polar surface area (TPSA) is 40.5 Å². The van der Waals surface area contributed by atoms with Crippen molar-refractivity contribution in [3.05, 3.63) is 35.7 Å². The number of carboxylic acid groups (broad SMARTS) is 1. The van der Waals surface area contributed by atoms with Gasteiger partial charge in [0.05, 0.1) is 0 Å². The van der Waals surface area contributed by atoms with E-state index in [9.17, 15) is 9.18 Å². The van der Waals surface area contributed by atoms with Gasteiger partial charge in [-0.1, -0.05) is 26.3 Å². The number of carbonyl (C=O) groups is 1. The summed E-state index contributed by atoms with van der Waals surface area (Å²) in [6, 6.07) is 4.83. The largest absolute Gasteiger partial charge is 0.478 e. The lowest BCUT2D eigenvalue weighted by Crippen LogP contribution is -2.28. The Bertz CT molecular complexity index is 485. The van der Waals surface area contributed by atoms with Crippen LogP contribution in [0.15, 0.2) is 24.3 Å². The van der Waals surface area contributed by atoms with Crippen LogP contribution in [0.3, 0.4) is 0 Å². The molecule has 0 aromatic heterocycles. The zero-order chi connectivity index (χ0) is 15.1. The Labute approximate surface area is 119 Å². The molecule has 0 aliphatic heterocycles. The van der Waals surface area contributed by atoms with Gasteiger partial charge >= 0.3 is 5.97 Å². The molecule has 1 aromatic rings. The number of nitrogens with zero attached hydrogens (tertiary/aromatic N) is 1. The maximum absolute atomic E-state index is 13.9. The molecule has 0 saturated carbocycles. The first-order chi connectivity index (χ1) is 9.49. The smallest absolute Gasteiger partial charge is 0.328 e. The second-order valence-corrected chi connectivity index (χ2v) is 4.90. The van der Waals surface area contributed by atoms with Crippen molar-refractivity contribution in [1.82, 2.24) is 0 Å². The fourth-order valence-corrected chi connectivity index (χ4v) is 2.02. The molecule has 0 heterocycles. The molecule has 0 fully saturated rings. The van der Waals surface area contributed by atoms with Gasteiger partial charge in [-0.15, -0.1) is 0 Å². The molecular formula is C16H22FNO2. The standard InChI is InChI=1S/C16H22FNO2/c1-4-12(3)11-18(5-2)15-8-6-7-14(17)13(15)9-10-16(19)20/h6-10,12H,4-5,11H2,1-3H3,(H,19,20)/b10-9+. The molecule has 1 unspecified atom stereocenters. The van der Waals surface area contributed by atoms with E-state index in [1.165, 1.54) is 12.1 Å². The van der Waals surface area contributed by atoms with Crippen molar-refractivity contribution in [1.29, 1.82) is 0 Å². The molecule has 0 aliphatic rings. The van der Waals surface area contributed by atoms with Crippen LogP contribution in [0, 0.1) is 11.7 Å². The lowest BCUT2D eigenvalue weighted by atomic mass is 10.1. The first-order valence-corrected chi connectivity index (χ1v) is 6.94. The summed E-state index contributed by atoms with van der Waals surface area (Å²) in [4.78, 5) is 12.7. The minimum atomic E-state index is -1.08. The average molecular weight is 279 g/mol. The van der Waals surface area contributed by atoms with E-state index in [2.05, 4.69) is 18.7 Å². The molecule has 110 valence electrons. The fraction of sp³-hybridized carbons (Fsp3) is 0.438. The Hall–Kier alpha value is -1.84. The van der Waals surface area contributed by atoms with Crippen LogP contribution in [0.4, 0.5) is 10.1 Å². The SMILES string of the molecule is CCC(C)CN(CC)c1cccc(F)c1/C=C/C(=O)O. The summed E-state index contributed by atoms with van der Waals surface area (Å²) in [6.07, 6.45) is 3.34. The van der Waals surface area contributed by atoms with Gasteiger partial charge in [-0.3, -0.25) is 0 Å². The molecule has 0 spiro atoms. The van der Waals surface area contributed by atoms with Crippen molar-refractivity contribution >= 4 is 17.7 Å². The van der Waals surface area contributed by atoms with Gasteiger partial charge in [0.2, 0.25) is 0 Å². The number of aliphatic carboxylic acids is 1. The zero-order valence-electron chi connectivity index (χ0n) is 12.3. The molecule has 1 N–H and O–H groups in total. The highest BCUT2D eigenvalue weighted by Gasteiger charge is 2.14. The predicted molar refractivity (Wildman–Crippen MR) is 80.4 cm³/mol. The second-order valence-electron chi connectivity index (χ2n) is 4.90. The average Bonchev–Trinajstić information content (AvgIpc) is 2.42. The van der Waals surface area contributed by atoms with E-state index in [-0.39, 0.29) is 0 Å². The highest BCUT2D eigenvalue weighted by Crippen LogP contribution is 2.25. The van der Waals surface area contributed by atoms with Gasteiger partial charge in [0.25, 0.3) is 0 Å². The molecule has 1 atom stereocenters. The molecule has 1 aromatic carbocycles. The minimum Gasteiger partial charge on any atom is -0.478 e. The summed E-state index contributed by atoms with van der Waals surface area (Å²) in [7, 11) is 0. The number of rotatable bonds is 7. The fourth-order valence-electron chi connectivity index (χ4n) is 2.02. The van der Waals surface area contributed by atoms with Gasteiger partial charge in [0.1, 0.15) is 5.82 Å². The summed E-state index contributed by atoms with van der Waals surface area (Å²) >= 11 is 0. The minimum absolute atomic E-state index is 0.333. The Morgan fingerprint density at radius 1 is 1.45 bits per heavy atom. The van der Waals surface area contributed by atoms with Gasteiger partial charge in [-0.25, -0.2) is 9.18 Å². The number of hydrogen-bond donors (Lipinski definition) is 1. The molecule has 0 aliphatic carbocycles. The maximum atomic E-state index is 13.9. The van der Waals surface area contributed by atoms with Crippen molar-refractivity contribution in [3.63, 3.8) is 0 Å². The van der Waals surface area contributed by atoms with Crippen LogP contribution >= 0.6 is 0 Å². The molecule has 0 amide bonds. The summed E-state index contributed by atoms with van der Waals surface area (Å²) in [6.45, 7) is 7.86. The Morgan fingerprint density at radius 3 is 2.70 bits per heavy atom. The maximum Gasteiger partial charge on any atom is 0.328 e. The van der Waals surface area contributed by atoms with Crippen LogP contribution in [-0.4, -0.2) is 24.2 Å². The summed E-state index contributed by atoms with van der Waals surface area (Å²) in [5.74, 6) is -0.985. The van der Waals surface area contributed by atoms with Crippen molar-refractivity contribution in [2.24, 2.45) is 5.92 Å². The Balaban J connectivity index is 3.14. The van der Waals surface area contributed by atoms with Crippen LogP contribution in [0.1, 0.15) is 32.8 Å². The molecule has 0 saturated heterocycles. The van der Waals surface area contributed by atoms with Gasteiger partial charge in [-0.2, -0.15) is 0 Å². The highest BCUT2D eigenvalue weighted by molar-refractivity contribution is 5.87. The van der Waals surface area contributed by atoms with Crippen LogP contribution < -0.4 is 4.90 Å². The van der Waals surface area contributed by atoms with E-state index in [1.54, 1.807) is 6.07 Å². The van der Waals surface area contributed by atoms with Crippen molar-refractivity contribution in [3.8, 4) is 0 Å². The quantitative estimate of drug-likeness (QED) is 0.772. The van der Waals surface area contributed by atoms with Gasteiger partial charge < -0.3 is 10.0 Å². The second kappa shape index (κ2) is 7.68. The summed E-state index contributed by atoms with van der Waals surface area (Å²) in [5, 5.41) is 8.71. The van der Waals surface area contributed by atoms with Crippen LogP contribution in [0.5, 0.6) is 0 Å². The van der Waals surface area contributed by atoms with Crippen LogP contribution in [0.25, 0.3) is 6.08 Å². The van der Waals surface area contributed by atoms with Gasteiger partial charge in [0.15, 0.2) is 0 Å². The zero-order valence-corrected chi connectivity index (χ0v) is 12.3. The third-order valence-corrected chi connectivity index (χ3v) is 3.37. The normalized spacial score (nSPS) is 12.6. The molecule has 4 heteroatoms. The molecule has 0 radical (unpaired) electrons. The van der Waals surface area contributed by atoms with Crippen molar-refractivity contribution in [2.45, 2.75) is 27.2 Å². The lowest BCUT2D eigenvalue weighted by Gasteiger charge is -2.28. The van der Waals surface area contributed by atoms with Crippen molar-refractivity contribution in [2.75, 3.05) is 18.0 Å². The van der Waals surface area contributed by atoms with Crippen LogP contribution in [0.2, 0.25) is 0 Å². The van der Waals surface area contributed by atoms with E-state index in [0.29, 0.717) is 11.5 Å². The van der Waals surface area contributed by atoms with E-state index in [1.807, 2.05) is 13.0 Å². The first-order valence-electron chi connectivity index (χ1n) is 6.94. The number of carboxylic acids is 1. The molecule has 0 bridgehead atoms. The number of anilines is 1. The van der Waals surface area contributed by atoms with E-state index >= 15 is 0 Å². The highest BCUT2D eigenvalue weighted by atomic mass is 19.1. The Kier molecular flexibility index (Phi) is 6.22. The molecule has 20 heavy (non-hydrogen) atoms.